The first-order chi connectivity index (χ1) is 8.94. The lowest BCUT2D eigenvalue weighted by molar-refractivity contribution is 0.598. The first-order valence-corrected chi connectivity index (χ1v) is 7.51. The molecule has 0 aliphatic rings. The van der Waals surface area contributed by atoms with Crippen LogP contribution in [0.4, 0.5) is 5.69 Å². The van der Waals surface area contributed by atoms with E-state index in [1.165, 1.54) is 12.5 Å². The first kappa shape index (κ1) is 13.6. The van der Waals surface area contributed by atoms with E-state index in [1.807, 2.05) is 32.0 Å². The van der Waals surface area contributed by atoms with Crippen LogP contribution in [-0.4, -0.2) is 18.0 Å². The summed E-state index contributed by atoms with van der Waals surface area (Å²) >= 11 is 0. The van der Waals surface area contributed by atoms with Crippen molar-refractivity contribution in [3.05, 3.63) is 41.9 Å². The molecular formula is C13H17N3O2S. The molecule has 0 spiro atoms. The number of sulfonamides is 1. The zero-order chi connectivity index (χ0) is 14.0. The van der Waals surface area contributed by atoms with Gasteiger partial charge in [-0.1, -0.05) is 25.1 Å². The van der Waals surface area contributed by atoms with E-state index in [9.17, 15) is 8.42 Å². The zero-order valence-electron chi connectivity index (χ0n) is 11.2. The second kappa shape index (κ2) is 5.05. The molecule has 2 rings (SSSR count). The van der Waals surface area contributed by atoms with Crippen LogP contribution >= 0.6 is 0 Å². The van der Waals surface area contributed by atoms with Crippen molar-refractivity contribution in [3.8, 4) is 0 Å². The minimum atomic E-state index is -3.63. The number of hydrogen-bond acceptors (Lipinski definition) is 3. The summed E-state index contributed by atoms with van der Waals surface area (Å²) in [5.74, 6) is 0. The quantitative estimate of drug-likeness (QED) is 0.932. The van der Waals surface area contributed by atoms with Gasteiger partial charge in [0, 0.05) is 13.2 Å². The summed E-state index contributed by atoms with van der Waals surface area (Å²) in [6.07, 6.45) is 3.71. The van der Waals surface area contributed by atoms with Crippen molar-refractivity contribution in [2.24, 2.45) is 7.05 Å². The number of para-hydroxylation sites is 1. The van der Waals surface area contributed by atoms with E-state index in [2.05, 4.69) is 9.71 Å². The maximum atomic E-state index is 12.2. The highest BCUT2D eigenvalue weighted by Crippen LogP contribution is 2.23. The monoisotopic (exact) mass is 279 g/mol. The van der Waals surface area contributed by atoms with Crippen LogP contribution in [0.25, 0.3) is 0 Å². The van der Waals surface area contributed by atoms with Gasteiger partial charge in [0.15, 0.2) is 5.03 Å². The van der Waals surface area contributed by atoms with E-state index >= 15 is 0 Å². The van der Waals surface area contributed by atoms with Gasteiger partial charge < -0.3 is 4.57 Å². The van der Waals surface area contributed by atoms with Crippen LogP contribution < -0.4 is 4.72 Å². The Bertz CT molecular complexity index is 690. The van der Waals surface area contributed by atoms with Crippen LogP contribution in [0.3, 0.4) is 0 Å². The fourth-order valence-electron chi connectivity index (χ4n) is 1.88. The minimum absolute atomic E-state index is 0.0281. The topological polar surface area (TPSA) is 64.0 Å². The molecular weight excluding hydrogens is 262 g/mol. The van der Waals surface area contributed by atoms with E-state index in [0.29, 0.717) is 5.69 Å². The molecule has 0 radical (unpaired) electrons. The molecule has 0 bridgehead atoms. The van der Waals surface area contributed by atoms with Gasteiger partial charge in [0.2, 0.25) is 0 Å². The lowest BCUT2D eigenvalue weighted by Crippen LogP contribution is -2.15. The molecule has 0 amide bonds. The summed E-state index contributed by atoms with van der Waals surface area (Å²) in [7, 11) is -1.90. The zero-order valence-corrected chi connectivity index (χ0v) is 12.0. The third-order valence-electron chi connectivity index (χ3n) is 2.93. The smallest absolute Gasteiger partial charge is 0.280 e. The second-order valence-corrected chi connectivity index (χ2v) is 6.07. The molecule has 0 fully saturated rings. The highest BCUT2D eigenvalue weighted by atomic mass is 32.2. The van der Waals surface area contributed by atoms with Crippen molar-refractivity contribution in [3.63, 3.8) is 0 Å². The molecule has 0 aliphatic carbocycles. The van der Waals surface area contributed by atoms with Crippen molar-refractivity contribution in [2.45, 2.75) is 25.3 Å². The summed E-state index contributed by atoms with van der Waals surface area (Å²) < 4.78 is 28.7. The van der Waals surface area contributed by atoms with Crippen LogP contribution in [-0.2, 0) is 23.5 Å². The molecule has 0 saturated carbocycles. The van der Waals surface area contributed by atoms with Gasteiger partial charge in [0.1, 0.15) is 0 Å². The first-order valence-electron chi connectivity index (χ1n) is 6.03. The largest absolute Gasteiger partial charge is 0.339 e. The van der Waals surface area contributed by atoms with Gasteiger partial charge in [0.25, 0.3) is 10.0 Å². The van der Waals surface area contributed by atoms with Crippen molar-refractivity contribution < 1.29 is 8.42 Å². The third-order valence-corrected chi connectivity index (χ3v) is 4.17. The van der Waals surface area contributed by atoms with Gasteiger partial charge in [-0.25, -0.2) is 4.98 Å². The number of hydrogen-bond donors (Lipinski definition) is 1. The Morgan fingerprint density at radius 3 is 2.68 bits per heavy atom. The van der Waals surface area contributed by atoms with Crippen LogP contribution in [0.5, 0.6) is 0 Å². The van der Waals surface area contributed by atoms with Crippen LogP contribution in [0.15, 0.2) is 35.7 Å². The Labute approximate surface area is 113 Å². The Balaban J connectivity index is 2.41. The molecule has 1 N–H and O–H groups in total. The standard InChI is InChI=1S/C13H17N3O2S/c1-4-11-7-5-6-10(2)13(11)15-19(17,18)12-8-16(3)9-14-12/h5-9,15H,4H2,1-3H3. The number of benzene rings is 1. The average Bonchev–Trinajstić information content (AvgIpc) is 2.79. The number of nitrogens with zero attached hydrogens (tertiary/aromatic N) is 2. The highest BCUT2D eigenvalue weighted by molar-refractivity contribution is 7.92. The van der Waals surface area contributed by atoms with Gasteiger partial charge in [-0.05, 0) is 24.5 Å². The fourth-order valence-corrected chi connectivity index (χ4v) is 3.04. The van der Waals surface area contributed by atoms with E-state index in [0.717, 1.165) is 17.5 Å². The fraction of sp³-hybridized carbons (Fsp3) is 0.308. The molecule has 5 nitrogen and oxygen atoms in total. The Hall–Kier alpha value is -1.82. The predicted molar refractivity (Wildman–Crippen MR) is 74.6 cm³/mol. The normalized spacial score (nSPS) is 11.5. The molecule has 1 aromatic heterocycles. The second-order valence-electron chi connectivity index (χ2n) is 4.45. The molecule has 0 aliphatic heterocycles. The molecule has 2 aromatic rings. The predicted octanol–water partition coefficient (Wildman–Crippen LogP) is 2.09. The number of anilines is 1. The van der Waals surface area contributed by atoms with Crippen molar-refractivity contribution in [1.29, 1.82) is 0 Å². The van der Waals surface area contributed by atoms with Gasteiger partial charge in [-0.2, -0.15) is 8.42 Å². The maximum Gasteiger partial charge on any atom is 0.280 e. The van der Waals surface area contributed by atoms with Crippen molar-refractivity contribution in [1.82, 2.24) is 9.55 Å². The molecule has 0 atom stereocenters. The minimum Gasteiger partial charge on any atom is -0.339 e. The van der Waals surface area contributed by atoms with Crippen LogP contribution in [0.1, 0.15) is 18.1 Å². The van der Waals surface area contributed by atoms with Crippen LogP contribution in [0.2, 0.25) is 0 Å². The van der Waals surface area contributed by atoms with Crippen LogP contribution in [0, 0.1) is 6.92 Å². The lowest BCUT2D eigenvalue weighted by Gasteiger charge is -2.13. The molecule has 1 heterocycles. The molecule has 19 heavy (non-hydrogen) atoms. The number of rotatable bonds is 4. The Morgan fingerprint density at radius 1 is 1.37 bits per heavy atom. The lowest BCUT2D eigenvalue weighted by atomic mass is 10.1. The summed E-state index contributed by atoms with van der Waals surface area (Å²) in [6.45, 7) is 3.88. The van der Waals surface area contributed by atoms with E-state index in [1.54, 1.807) is 11.6 Å². The number of aryl methyl sites for hydroxylation is 3. The Morgan fingerprint density at radius 2 is 2.11 bits per heavy atom. The summed E-state index contributed by atoms with van der Waals surface area (Å²) in [5, 5.41) is 0.0281. The van der Waals surface area contributed by atoms with E-state index in [-0.39, 0.29) is 5.03 Å². The van der Waals surface area contributed by atoms with Gasteiger partial charge in [-0.15, -0.1) is 0 Å². The highest BCUT2D eigenvalue weighted by Gasteiger charge is 2.19. The average molecular weight is 279 g/mol. The summed E-state index contributed by atoms with van der Waals surface area (Å²) in [5.41, 5.74) is 2.52. The number of aromatic nitrogens is 2. The SMILES string of the molecule is CCc1cccc(C)c1NS(=O)(=O)c1cn(C)cn1. The van der Waals surface area contributed by atoms with Gasteiger partial charge >= 0.3 is 0 Å². The van der Waals surface area contributed by atoms with E-state index in [4.69, 9.17) is 0 Å². The van der Waals surface area contributed by atoms with Gasteiger partial charge in [0.05, 0.1) is 12.0 Å². The number of nitrogens with one attached hydrogen (secondary N) is 1. The summed E-state index contributed by atoms with van der Waals surface area (Å²) in [6, 6.07) is 5.73. The molecule has 1 aromatic carbocycles. The number of imidazole rings is 1. The van der Waals surface area contributed by atoms with E-state index < -0.39 is 10.0 Å². The maximum absolute atomic E-state index is 12.2. The van der Waals surface area contributed by atoms with Crippen molar-refractivity contribution in [2.75, 3.05) is 4.72 Å². The molecule has 102 valence electrons. The summed E-state index contributed by atoms with van der Waals surface area (Å²) in [4.78, 5) is 3.88. The molecule has 6 heteroatoms. The van der Waals surface area contributed by atoms with Gasteiger partial charge in [-0.3, -0.25) is 4.72 Å². The molecule has 0 saturated heterocycles. The third kappa shape index (κ3) is 2.78. The molecule has 0 unspecified atom stereocenters. The van der Waals surface area contributed by atoms with Crippen molar-refractivity contribution >= 4 is 15.7 Å². The Kier molecular flexibility index (Phi) is 3.61.